The average Bonchev–Trinajstić information content (AvgIpc) is 2.87. The molecule has 3 nitrogen and oxygen atoms in total. The Labute approximate surface area is 107 Å². The van der Waals surface area contributed by atoms with Crippen LogP contribution in [0.5, 0.6) is 0 Å². The maximum Gasteiger partial charge on any atom is 0.0929 e. The highest BCUT2D eigenvalue weighted by atomic mass is 15.1. The molecule has 1 aliphatic heterocycles. The first-order chi connectivity index (χ1) is 8.83. The lowest BCUT2D eigenvalue weighted by atomic mass is 10.1. The van der Waals surface area contributed by atoms with Crippen molar-refractivity contribution in [1.29, 1.82) is 0 Å². The first-order valence-corrected chi connectivity index (χ1v) is 6.48. The summed E-state index contributed by atoms with van der Waals surface area (Å²) in [7, 11) is 0. The highest BCUT2D eigenvalue weighted by Gasteiger charge is 2.22. The van der Waals surface area contributed by atoms with E-state index in [9.17, 15) is 0 Å². The predicted octanol–water partition coefficient (Wildman–Crippen LogP) is 2.96. The van der Waals surface area contributed by atoms with Gasteiger partial charge in [0.05, 0.1) is 17.4 Å². The van der Waals surface area contributed by atoms with Gasteiger partial charge < -0.3 is 5.32 Å². The molecule has 0 radical (unpaired) electrons. The molecule has 0 aliphatic carbocycles. The van der Waals surface area contributed by atoms with Gasteiger partial charge in [0.2, 0.25) is 0 Å². The molecule has 92 valence electrons. The van der Waals surface area contributed by atoms with Gasteiger partial charge in [-0.15, -0.1) is 0 Å². The largest absolute Gasteiger partial charge is 0.306 e. The third-order valence-corrected chi connectivity index (χ3v) is 3.49. The molecule has 0 bridgehead atoms. The zero-order valence-corrected chi connectivity index (χ0v) is 10.5. The quantitative estimate of drug-likeness (QED) is 0.875. The summed E-state index contributed by atoms with van der Waals surface area (Å²) >= 11 is 0. The smallest absolute Gasteiger partial charge is 0.0929 e. The van der Waals surface area contributed by atoms with Crippen LogP contribution in [0.4, 0.5) is 0 Å². The molecule has 2 atom stereocenters. The normalized spacial score (nSPS) is 23.2. The standard InChI is InChI=1S/C15H17N3/c1-11-7-8-14(16-11)15-10-9-13(17-18-15)12-5-3-2-4-6-12/h2-6,9-11,14,16H,7-8H2,1H3. The van der Waals surface area contributed by atoms with E-state index in [0.717, 1.165) is 23.4 Å². The van der Waals surface area contributed by atoms with Gasteiger partial charge in [-0.25, -0.2) is 0 Å². The fourth-order valence-electron chi connectivity index (χ4n) is 2.45. The summed E-state index contributed by atoms with van der Waals surface area (Å²) < 4.78 is 0. The maximum absolute atomic E-state index is 4.36. The molecule has 3 heteroatoms. The summed E-state index contributed by atoms with van der Waals surface area (Å²) in [6, 6.07) is 15.3. The molecule has 1 N–H and O–H groups in total. The Morgan fingerprint density at radius 1 is 1.00 bits per heavy atom. The van der Waals surface area contributed by atoms with E-state index in [4.69, 9.17) is 0 Å². The Hall–Kier alpha value is -1.74. The number of nitrogens with zero attached hydrogens (tertiary/aromatic N) is 2. The Balaban J connectivity index is 1.81. The minimum absolute atomic E-state index is 0.373. The van der Waals surface area contributed by atoms with Crippen molar-refractivity contribution in [2.75, 3.05) is 0 Å². The van der Waals surface area contributed by atoms with E-state index in [1.807, 2.05) is 18.2 Å². The zero-order valence-electron chi connectivity index (χ0n) is 10.5. The maximum atomic E-state index is 4.36. The van der Waals surface area contributed by atoms with Crippen molar-refractivity contribution < 1.29 is 0 Å². The highest BCUT2D eigenvalue weighted by molar-refractivity contribution is 5.57. The van der Waals surface area contributed by atoms with Crippen molar-refractivity contribution in [3.8, 4) is 11.3 Å². The van der Waals surface area contributed by atoms with E-state index < -0.39 is 0 Å². The molecule has 0 saturated carbocycles. The van der Waals surface area contributed by atoms with E-state index in [0.29, 0.717) is 12.1 Å². The molecule has 2 aromatic rings. The van der Waals surface area contributed by atoms with Gasteiger partial charge in [-0.2, -0.15) is 10.2 Å². The second kappa shape index (κ2) is 4.86. The van der Waals surface area contributed by atoms with Crippen molar-refractivity contribution in [2.24, 2.45) is 0 Å². The van der Waals surface area contributed by atoms with Crippen LogP contribution in [-0.4, -0.2) is 16.2 Å². The van der Waals surface area contributed by atoms with E-state index in [-0.39, 0.29) is 0 Å². The van der Waals surface area contributed by atoms with Crippen molar-refractivity contribution in [3.05, 3.63) is 48.2 Å². The molecule has 1 saturated heterocycles. The van der Waals surface area contributed by atoms with Crippen molar-refractivity contribution in [1.82, 2.24) is 15.5 Å². The van der Waals surface area contributed by atoms with Crippen LogP contribution < -0.4 is 5.32 Å². The first-order valence-electron chi connectivity index (χ1n) is 6.48. The van der Waals surface area contributed by atoms with Gasteiger partial charge in [0.25, 0.3) is 0 Å². The molecule has 2 heterocycles. The number of hydrogen-bond donors (Lipinski definition) is 1. The molecular weight excluding hydrogens is 222 g/mol. The number of rotatable bonds is 2. The van der Waals surface area contributed by atoms with E-state index in [2.05, 4.69) is 46.7 Å². The van der Waals surface area contributed by atoms with Gasteiger partial charge in [0, 0.05) is 11.6 Å². The van der Waals surface area contributed by atoms with Crippen LogP contribution in [0, 0.1) is 0 Å². The van der Waals surface area contributed by atoms with Gasteiger partial charge in [0.1, 0.15) is 0 Å². The van der Waals surface area contributed by atoms with Crippen LogP contribution in [-0.2, 0) is 0 Å². The molecule has 0 amide bonds. The minimum atomic E-state index is 0.373. The van der Waals surface area contributed by atoms with E-state index in [1.54, 1.807) is 0 Å². The van der Waals surface area contributed by atoms with Crippen molar-refractivity contribution in [2.45, 2.75) is 31.8 Å². The predicted molar refractivity (Wildman–Crippen MR) is 72.0 cm³/mol. The topological polar surface area (TPSA) is 37.8 Å². The van der Waals surface area contributed by atoms with Crippen LogP contribution in [0.2, 0.25) is 0 Å². The van der Waals surface area contributed by atoms with Crippen LogP contribution >= 0.6 is 0 Å². The third kappa shape index (κ3) is 2.27. The highest BCUT2D eigenvalue weighted by Crippen LogP contribution is 2.25. The second-order valence-electron chi connectivity index (χ2n) is 4.91. The van der Waals surface area contributed by atoms with Crippen LogP contribution in [0.25, 0.3) is 11.3 Å². The number of nitrogens with one attached hydrogen (secondary N) is 1. The molecule has 3 rings (SSSR count). The van der Waals surface area contributed by atoms with Gasteiger partial charge >= 0.3 is 0 Å². The molecule has 0 spiro atoms. The van der Waals surface area contributed by atoms with Crippen molar-refractivity contribution in [3.63, 3.8) is 0 Å². The van der Waals surface area contributed by atoms with Gasteiger partial charge in [-0.3, -0.25) is 0 Å². The Bertz CT molecular complexity index is 507. The number of hydrogen-bond acceptors (Lipinski definition) is 3. The van der Waals surface area contributed by atoms with Gasteiger partial charge in [0.15, 0.2) is 0 Å². The number of aromatic nitrogens is 2. The summed E-state index contributed by atoms with van der Waals surface area (Å²) in [6.07, 6.45) is 2.37. The third-order valence-electron chi connectivity index (χ3n) is 3.49. The van der Waals surface area contributed by atoms with Crippen LogP contribution in [0.3, 0.4) is 0 Å². The molecular formula is C15H17N3. The Kier molecular flexibility index (Phi) is 3.07. The fraction of sp³-hybridized carbons (Fsp3) is 0.333. The lowest BCUT2D eigenvalue weighted by molar-refractivity contribution is 0.568. The monoisotopic (exact) mass is 239 g/mol. The van der Waals surface area contributed by atoms with Gasteiger partial charge in [-0.1, -0.05) is 30.3 Å². The molecule has 2 unspecified atom stereocenters. The van der Waals surface area contributed by atoms with Crippen molar-refractivity contribution >= 4 is 0 Å². The molecule has 1 aromatic carbocycles. The second-order valence-corrected chi connectivity index (χ2v) is 4.91. The Morgan fingerprint density at radius 2 is 1.83 bits per heavy atom. The van der Waals surface area contributed by atoms with Gasteiger partial charge in [-0.05, 0) is 31.9 Å². The SMILES string of the molecule is CC1CCC(c2ccc(-c3ccccc3)nn2)N1. The summed E-state index contributed by atoms with van der Waals surface area (Å²) in [6.45, 7) is 2.21. The summed E-state index contributed by atoms with van der Waals surface area (Å²) in [4.78, 5) is 0. The summed E-state index contributed by atoms with van der Waals surface area (Å²) in [5.41, 5.74) is 3.11. The molecule has 1 aliphatic rings. The minimum Gasteiger partial charge on any atom is -0.306 e. The van der Waals surface area contributed by atoms with Crippen LogP contribution in [0.15, 0.2) is 42.5 Å². The first kappa shape index (κ1) is 11.4. The fourth-order valence-corrected chi connectivity index (χ4v) is 2.45. The average molecular weight is 239 g/mol. The summed E-state index contributed by atoms with van der Waals surface area (Å²) in [5, 5.41) is 12.2. The van der Waals surface area contributed by atoms with Crippen LogP contribution in [0.1, 0.15) is 31.5 Å². The lowest BCUT2D eigenvalue weighted by Crippen LogP contribution is -2.21. The number of benzene rings is 1. The molecule has 1 fully saturated rings. The Morgan fingerprint density at radius 3 is 2.44 bits per heavy atom. The molecule has 1 aromatic heterocycles. The lowest BCUT2D eigenvalue weighted by Gasteiger charge is -2.10. The summed E-state index contributed by atoms with van der Waals surface area (Å²) in [5.74, 6) is 0. The van der Waals surface area contributed by atoms with E-state index in [1.165, 1.54) is 6.42 Å². The molecule has 18 heavy (non-hydrogen) atoms. The van der Waals surface area contributed by atoms with E-state index >= 15 is 0 Å². The zero-order chi connectivity index (χ0) is 12.4.